The van der Waals surface area contributed by atoms with Crippen molar-refractivity contribution in [1.82, 2.24) is 9.38 Å². The molecule has 6 heteroatoms. The number of hydrogen-bond acceptors (Lipinski definition) is 4. The molecule has 2 rings (SSSR count). The number of carboxylic acids is 1. The molecule has 0 fully saturated rings. The van der Waals surface area contributed by atoms with Crippen molar-refractivity contribution in [2.75, 3.05) is 5.32 Å². The van der Waals surface area contributed by atoms with E-state index in [1.807, 2.05) is 13.8 Å². The van der Waals surface area contributed by atoms with Crippen LogP contribution in [0, 0.1) is 0 Å². The molecule has 0 aromatic carbocycles. The summed E-state index contributed by atoms with van der Waals surface area (Å²) in [4.78, 5) is 26.9. The Labute approximate surface area is 116 Å². The molecule has 0 unspecified atom stereocenters. The lowest BCUT2D eigenvalue weighted by Crippen LogP contribution is -2.33. The SMILES string of the molecule is CC(C)(CCC(=O)O)Nc1cc(=O)n2ccccc2n1. The summed E-state index contributed by atoms with van der Waals surface area (Å²) in [5.41, 5.74) is -0.0750. The Hall–Kier alpha value is -2.37. The molecular formula is C14H17N3O3. The number of nitrogens with one attached hydrogen (secondary N) is 1. The Balaban J connectivity index is 2.25. The van der Waals surface area contributed by atoms with E-state index in [1.165, 1.54) is 10.5 Å². The van der Waals surface area contributed by atoms with Crippen LogP contribution in [0.4, 0.5) is 5.82 Å². The van der Waals surface area contributed by atoms with Crippen LogP contribution in [-0.4, -0.2) is 26.0 Å². The van der Waals surface area contributed by atoms with E-state index in [4.69, 9.17) is 5.11 Å². The van der Waals surface area contributed by atoms with E-state index in [0.717, 1.165) is 0 Å². The Morgan fingerprint density at radius 1 is 1.45 bits per heavy atom. The number of rotatable bonds is 5. The first-order valence-electron chi connectivity index (χ1n) is 6.36. The van der Waals surface area contributed by atoms with Gasteiger partial charge < -0.3 is 10.4 Å². The van der Waals surface area contributed by atoms with Crippen molar-refractivity contribution in [1.29, 1.82) is 0 Å². The lowest BCUT2D eigenvalue weighted by atomic mass is 9.98. The Bertz CT molecular complexity index is 691. The molecule has 2 heterocycles. The zero-order valence-corrected chi connectivity index (χ0v) is 11.5. The molecule has 0 aliphatic rings. The largest absolute Gasteiger partial charge is 0.481 e. The molecule has 0 saturated carbocycles. The molecular weight excluding hydrogens is 258 g/mol. The van der Waals surface area contributed by atoms with Crippen LogP contribution in [0.3, 0.4) is 0 Å². The molecule has 2 aromatic heterocycles. The van der Waals surface area contributed by atoms with Crippen molar-refractivity contribution in [3.8, 4) is 0 Å². The highest BCUT2D eigenvalue weighted by atomic mass is 16.4. The fourth-order valence-corrected chi connectivity index (χ4v) is 1.95. The summed E-state index contributed by atoms with van der Waals surface area (Å²) in [6.45, 7) is 3.76. The van der Waals surface area contributed by atoms with Crippen molar-refractivity contribution in [2.24, 2.45) is 0 Å². The summed E-state index contributed by atoms with van der Waals surface area (Å²) in [5.74, 6) is -0.386. The van der Waals surface area contributed by atoms with Crippen LogP contribution in [-0.2, 0) is 4.79 Å². The van der Waals surface area contributed by atoms with Crippen molar-refractivity contribution >= 4 is 17.4 Å². The minimum Gasteiger partial charge on any atom is -0.481 e. The van der Waals surface area contributed by atoms with Gasteiger partial charge in [-0.25, -0.2) is 4.98 Å². The second-order valence-corrected chi connectivity index (χ2v) is 5.31. The van der Waals surface area contributed by atoms with Gasteiger partial charge in [-0.05, 0) is 32.4 Å². The second kappa shape index (κ2) is 5.32. The van der Waals surface area contributed by atoms with E-state index in [0.29, 0.717) is 17.9 Å². The predicted molar refractivity (Wildman–Crippen MR) is 76.0 cm³/mol. The average molecular weight is 275 g/mol. The molecule has 0 saturated heterocycles. The van der Waals surface area contributed by atoms with Crippen molar-refractivity contribution in [2.45, 2.75) is 32.2 Å². The minimum absolute atomic E-state index is 0.0621. The molecule has 106 valence electrons. The average Bonchev–Trinajstić information content (AvgIpc) is 2.36. The van der Waals surface area contributed by atoms with Crippen LogP contribution < -0.4 is 10.9 Å². The first kappa shape index (κ1) is 14.0. The first-order valence-corrected chi connectivity index (χ1v) is 6.36. The number of nitrogens with zero attached hydrogens (tertiary/aromatic N) is 2. The van der Waals surface area contributed by atoms with Gasteiger partial charge in [0.05, 0.1) is 0 Å². The van der Waals surface area contributed by atoms with Gasteiger partial charge in [-0.2, -0.15) is 0 Å². The highest BCUT2D eigenvalue weighted by Crippen LogP contribution is 2.17. The van der Waals surface area contributed by atoms with Crippen LogP contribution in [0.15, 0.2) is 35.3 Å². The molecule has 0 bridgehead atoms. The smallest absolute Gasteiger partial charge is 0.303 e. The number of aliphatic carboxylic acids is 1. The maximum absolute atomic E-state index is 11.9. The molecule has 0 amide bonds. The standard InChI is InChI=1S/C14H17N3O3/c1-14(2,7-6-13(19)20)16-10-9-12(18)17-8-4-3-5-11(17)15-10/h3-5,8-9,16H,6-7H2,1-2H3,(H,19,20). The molecule has 0 spiro atoms. The Morgan fingerprint density at radius 2 is 2.20 bits per heavy atom. The number of anilines is 1. The van der Waals surface area contributed by atoms with Crippen LogP contribution in [0.5, 0.6) is 0 Å². The van der Waals surface area contributed by atoms with Crippen molar-refractivity contribution in [3.05, 3.63) is 40.8 Å². The van der Waals surface area contributed by atoms with Gasteiger partial charge in [0.25, 0.3) is 5.56 Å². The molecule has 0 atom stereocenters. The van der Waals surface area contributed by atoms with Gasteiger partial charge >= 0.3 is 5.97 Å². The highest BCUT2D eigenvalue weighted by molar-refractivity contribution is 5.66. The zero-order valence-electron chi connectivity index (χ0n) is 11.5. The quantitative estimate of drug-likeness (QED) is 0.868. The number of fused-ring (bicyclic) bond motifs is 1. The molecule has 2 N–H and O–H groups in total. The second-order valence-electron chi connectivity index (χ2n) is 5.31. The Kier molecular flexibility index (Phi) is 3.74. The van der Waals surface area contributed by atoms with Crippen LogP contribution in [0.1, 0.15) is 26.7 Å². The third-order valence-electron chi connectivity index (χ3n) is 3.00. The zero-order chi connectivity index (χ0) is 14.8. The summed E-state index contributed by atoms with van der Waals surface area (Å²) >= 11 is 0. The van der Waals surface area contributed by atoms with Gasteiger partial charge in [0, 0.05) is 24.2 Å². The van der Waals surface area contributed by atoms with Crippen molar-refractivity contribution in [3.63, 3.8) is 0 Å². The lowest BCUT2D eigenvalue weighted by Gasteiger charge is -2.26. The van der Waals surface area contributed by atoms with E-state index >= 15 is 0 Å². The summed E-state index contributed by atoms with van der Waals surface area (Å²) < 4.78 is 1.45. The molecule has 6 nitrogen and oxygen atoms in total. The maximum Gasteiger partial charge on any atom is 0.303 e. The normalized spacial score (nSPS) is 11.5. The van der Waals surface area contributed by atoms with Crippen LogP contribution >= 0.6 is 0 Å². The topological polar surface area (TPSA) is 83.7 Å². The molecule has 0 aliphatic heterocycles. The van der Waals surface area contributed by atoms with Gasteiger partial charge in [-0.3, -0.25) is 14.0 Å². The van der Waals surface area contributed by atoms with Crippen LogP contribution in [0.25, 0.3) is 5.65 Å². The number of aromatic nitrogens is 2. The molecule has 0 aliphatic carbocycles. The summed E-state index contributed by atoms with van der Waals surface area (Å²) in [6, 6.07) is 6.73. The lowest BCUT2D eigenvalue weighted by molar-refractivity contribution is -0.137. The Morgan fingerprint density at radius 3 is 2.90 bits per heavy atom. The van der Waals surface area contributed by atoms with E-state index in [1.54, 1.807) is 24.4 Å². The number of carboxylic acid groups (broad SMARTS) is 1. The number of carbonyl (C=O) groups is 1. The number of pyridine rings is 1. The first-order chi connectivity index (χ1) is 9.37. The van der Waals surface area contributed by atoms with Crippen molar-refractivity contribution < 1.29 is 9.90 Å². The molecule has 20 heavy (non-hydrogen) atoms. The minimum atomic E-state index is -0.841. The van der Waals surface area contributed by atoms with Crippen LogP contribution in [0.2, 0.25) is 0 Å². The van der Waals surface area contributed by atoms with Gasteiger partial charge in [-0.15, -0.1) is 0 Å². The van der Waals surface area contributed by atoms with Gasteiger partial charge in [0.15, 0.2) is 0 Å². The molecule has 0 radical (unpaired) electrons. The fraction of sp³-hybridized carbons (Fsp3) is 0.357. The van der Waals surface area contributed by atoms with E-state index in [9.17, 15) is 9.59 Å². The third-order valence-corrected chi connectivity index (χ3v) is 3.00. The molecule has 2 aromatic rings. The van der Waals surface area contributed by atoms with Gasteiger partial charge in [0.2, 0.25) is 0 Å². The maximum atomic E-state index is 11.9. The summed E-state index contributed by atoms with van der Waals surface area (Å²) in [7, 11) is 0. The fourth-order valence-electron chi connectivity index (χ4n) is 1.95. The predicted octanol–water partition coefficient (Wildman–Crippen LogP) is 1.75. The van der Waals surface area contributed by atoms with E-state index in [2.05, 4.69) is 10.3 Å². The summed E-state index contributed by atoms with van der Waals surface area (Å²) in [6.07, 6.45) is 2.16. The van der Waals surface area contributed by atoms with E-state index < -0.39 is 11.5 Å². The van der Waals surface area contributed by atoms with E-state index in [-0.39, 0.29) is 12.0 Å². The van der Waals surface area contributed by atoms with Gasteiger partial charge in [-0.1, -0.05) is 6.07 Å². The highest BCUT2D eigenvalue weighted by Gasteiger charge is 2.19. The number of hydrogen-bond donors (Lipinski definition) is 2. The van der Waals surface area contributed by atoms with Gasteiger partial charge in [0.1, 0.15) is 11.5 Å². The third kappa shape index (κ3) is 3.34. The summed E-state index contributed by atoms with van der Waals surface area (Å²) in [5, 5.41) is 11.9. The monoisotopic (exact) mass is 275 g/mol.